The van der Waals surface area contributed by atoms with Gasteiger partial charge in [-0.2, -0.15) is 5.10 Å². The van der Waals surface area contributed by atoms with Gasteiger partial charge in [-0.05, 0) is 62.7 Å². The molecule has 0 unspecified atom stereocenters. The minimum atomic E-state index is 0.0132. The standard InChI is InChI=1S/C19H26N4O/c24-19(20-10-4-14-22-12-2-1-3-13-22)18-8-6-17(7-9-18)16-23-15-5-11-21-23/h5-9,11,15H,1-4,10,12-14,16H2,(H,20,24). The number of hydrogen-bond donors (Lipinski definition) is 1. The summed E-state index contributed by atoms with van der Waals surface area (Å²) in [5.41, 5.74) is 1.86. The Kier molecular flexibility index (Phi) is 6.01. The van der Waals surface area contributed by atoms with Crippen LogP contribution in [0.2, 0.25) is 0 Å². The van der Waals surface area contributed by atoms with Crippen molar-refractivity contribution in [2.75, 3.05) is 26.2 Å². The number of rotatable bonds is 7. The van der Waals surface area contributed by atoms with E-state index in [1.54, 1.807) is 6.20 Å². The molecule has 1 amide bonds. The molecule has 1 aliphatic heterocycles. The van der Waals surface area contributed by atoms with E-state index in [1.807, 2.05) is 41.2 Å². The lowest BCUT2D eigenvalue weighted by molar-refractivity contribution is 0.0951. The van der Waals surface area contributed by atoms with Crippen LogP contribution in [0.15, 0.2) is 42.7 Å². The fourth-order valence-electron chi connectivity index (χ4n) is 3.13. The Morgan fingerprint density at radius 2 is 1.92 bits per heavy atom. The zero-order chi connectivity index (χ0) is 16.6. The number of nitrogens with one attached hydrogen (secondary N) is 1. The van der Waals surface area contributed by atoms with Crippen LogP contribution in [0.3, 0.4) is 0 Å². The Morgan fingerprint density at radius 3 is 2.62 bits per heavy atom. The zero-order valence-electron chi connectivity index (χ0n) is 14.2. The Morgan fingerprint density at radius 1 is 1.12 bits per heavy atom. The number of likely N-dealkylation sites (tertiary alicyclic amines) is 1. The summed E-state index contributed by atoms with van der Waals surface area (Å²) < 4.78 is 1.87. The van der Waals surface area contributed by atoms with Crippen molar-refractivity contribution in [2.45, 2.75) is 32.2 Å². The van der Waals surface area contributed by atoms with E-state index in [0.717, 1.165) is 37.2 Å². The largest absolute Gasteiger partial charge is 0.352 e. The SMILES string of the molecule is O=C(NCCCN1CCCCC1)c1ccc(Cn2cccn2)cc1. The van der Waals surface area contributed by atoms with Crippen molar-refractivity contribution in [2.24, 2.45) is 0 Å². The highest BCUT2D eigenvalue weighted by Gasteiger charge is 2.10. The highest BCUT2D eigenvalue weighted by molar-refractivity contribution is 5.94. The van der Waals surface area contributed by atoms with Crippen molar-refractivity contribution in [1.29, 1.82) is 0 Å². The van der Waals surface area contributed by atoms with Crippen molar-refractivity contribution >= 4 is 5.91 Å². The Balaban J connectivity index is 1.39. The molecule has 0 bridgehead atoms. The summed E-state index contributed by atoms with van der Waals surface area (Å²) in [4.78, 5) is 14.7. The highest BCUT2D eigenvalue weighted by atomic mass is 16.1. The van der Waals surface area contributed by atoms with E-state index in [9.17, 15) is 4.79 Å². The van der Waals surface area contributed by atoms with E-state index in [2.05, 4.69) is 15.3 Å². The molecule has 0 spiro atoms. The van der Waals surface area contributed by atoms with Gasteiger partial charge < -0.3 is 10.2 Å². The van der Waals surface area contributed by atoms with Crippen LogP contribution in [0.5, 0.6) is 0 Å². The third kappa shape index (κ3) is 4.93. The number of amides is 1. The molecule has 0 radical (unpaired) electrons. The van der Waals surface area contributed by atoms with Crippen LogP contribution in [0, 0.1) is 0 Å². The number of carbonyl (C=O) groups excluding carboxylic acids is 1. The second-order valence-electron chi connectivity index (χ2n) is 6.41. The number of piperidine rings is 1. The molecule has 1 N–H and O–H groups in total. The summed E-state index contributed by atoms with van der Waals surface area (Å²) in [5.74, 6) is 0.0132. The van der Waals surface area contributed by atoms with Crippen LogP contribution in [0.4, 0.5) is 0 Å². The van der Waals surface area contributed by atoms with Gasteiger partial charge in [-0.3, -0.25) is 9.48 Å². The van der Waals surface area contributed by atoms with Gasteiger partial charge in [-0.1, -0.05) is 18.6 Å². The van der Waals surface area contributed by atoms with Gasteiger partial charge in [0.25, 0.3) is 5.91 Å². The van der Waals surface area contributed by atoms with Crippen LogP contribution >= 0.6 is 0 Å². The Hall–Kier alpha value is -2.14. The van der Waals surface area contributed by atoms with Gasteiger partial charge in [0.05, 0.1) is 6.54 Å². The lowest BCUT2D eigenvalue weighted by atomic mass is 10.1. The molecule has 0 saturated carbocycles. The molecule has 1 fully saturated rings. The number of nitrogens with zero attached hydrogens (tertiary/aromatic N) is 3. The maximum Gasteiger partial charge on any atom is 0.251 e. The predicted molar refractivity (Wildman–Crippen MR) is 95.0 cm³/mol. The van der Waals surface area contributed by atoms with Crippen molar-refractivity contribution in [3.8, 4) is 0 Å². The van der Waals surface area contributed by atoms with Crippen molar-refractivity contribution in [3.05, 3.63) is 53.9 Å². The quantitative estimate of drug-likeness (QED) is 0.796. The summed E-state index contributed by atoms with van der Waals surface area (Å²) in [6.07, 6.45) is 8.72. The van der Waals surface area contributed by atoms with Crippen LogP contribution in [0.1, 0.15) is 41.6 Å². The monoisotopic (exact) mass is 326 g/mol. The molecule has 1 aliphatic rings. The first-order valence-electron chi connectivity index (χ1n) is 8.88. The topological polar surface area (TPSA) is 50.2 Å². The van der Waals surface area contributed by atoms with Gasteiger partial charge in [-0.25, -0.2) is 0 Å². The number of hydrogen-bond acceptors (Lipinski definition) is 3. The van der Waals surface area contributed by atoms with Gasteiger partial charge in [0.15, 0.2) is 0 Å². The third-order valence-corrected chi connectivity index (χ3v) is 4.51. The average molecular weight is 326 g/mol. The first kappa shape index (κ1) is 16.7. The first-order valence-corrected chi connectivity index (χ1v) is 8.88. The smallest absolute Gasteiger partial charge is 0.251 e. The van der Waals surface area contributed by atoms with Crippen molar-refractivity contribution < 1.29 is 4.79 Å². The van der Waals surface area contributed by atoms with Crippen LogP contribution in [-0.4, -0.2) is 46.8 Å². The molecule has 0 aliphatic carbocycles. The van der Waals surface area contributed by atoms with E-state index in [0.29, 0.717) is 0 Å². The summed E-state index contributed by atoms with van der Waals surface area (Å²) in [6.45, 7) is 4.98. The number of aromatic nitrogens is 2. The summed E-state index contributed by atoms with van der Waals surface area (Å²) in [7, 11) is 0. The highest BCUT2D eigenvalue weighted by Crippen LogP contribution is 2.09. The summed E-state index contributed by atoms with van der Waals surface area (Å²) in [6, 6.07) is 9.66. The molecule has 0 atom stereocenters. The van der Waals surface area contributed by atoms with Gasteiger partial charge in [-0.15, -0.1) is 0 Å². The molecule has 5 heteroatoms. The second-order valence-corrected chi connectivity index (χ2v) is 6.41. The van der Waals surface area contributed by atoms with Crippen molar-refractivity contribution in [3.63, 3.8) is 0 Å². The lowest BCUT2D eigenvalue weighted by Crippen LogP contribution is -2.33. The summed E-state index contributed by atoms with van der Waals surface area (Å²) >= 11 is 0. The predicted octanol–water partition coefficient (Wildman–Crippen LogP) is 2.54. The molecule has 24 heavy (non-hydrogen) atoms. The van der Waals surface area contributed by atoms with E-state index in [-0.39, 0.29) is 5.91 Å². The van der Waals surface area contributed by atoms with E-state index >= 15 is 0 Å². The van der Waals surface area contributed by atoms with Gasteiger partial charge in [0.1, 0.15) is 0 Å². The average Bonchev–Trinajstić information content (AvgIpc) is 3.13. The Labute approximate surface area is 143 Å². The van der Waals surface area contributed by atoms with Crippen LogP contribution in [0.25, 0.3) is 0 Å². The Bertz CT molecular complexity index is 615. The minimum absolute atomic E-state index is 0.0132. The van der Waals surface area contributed by atoms with Crippen LogP contribution < -0.4 is 5.32 Å². The van der Waals surface area contributed by atoms with Gasteiger partial charge in [0, 0.05) is 24.5 Å². The fraction of sp³-hybridized carbons (Fsp3) is 0.474. The van der Waals surface area contributed by atoms with Crippen molar-refractivity contribution in [1.82, 2.24) is 20.0 Å². The lowest BCUT2D eigenvalue weighted by Gasteiger charge is -2.26. The molecule has 128 valence electrons. The number of carbonyl (C=O) groups is 1. The zero-order valence-corrected chi connectivity index (χ0v) is 14.2. The maximum atomic E-state index is 12.2. The molecule has 1 saturated heterocycles. The normalized spacial score (nSPS) is 15.3. The molecule has 1 aromatic heterocycles. The molecule has 1 aromatic carbocycles. The minimum Gasteiger partial charge on any atom is -0.352 e. The van der Waals surface area contributed by atoms with Gasteiger partial charge in [0.2, 0.25) is 0 Å². The number of benzene rings is 1. The molecular weight excluding hydrogens is 300 g/mol. The van der Waals surface area contributed by atoms with Crippen LogP contribution in [-0.2, 0) is 6.54 Å². The molecule has 2 aromatic rings. The van der Waals surface area contributed by atoms with Gasteiger partial charge >= 0.3 is 0 Å². The summed E-state index contributed by atoms with van der Waals surface area (Å²) in [5, 5.41) is 7.21. The van der Waals surface area contributed by atoms with E-state index in [1.165, 1.54) is 32.4 Å². The maximum absolute atomic E-state index is 12.2. The fourth-order valence-corrected chi connectivity index (χ4v) is 3.13. The van der Waals surface area contributed by atoms with E-state index < -0.39 is 0 Å². The first-order chi connectivity index (χ1) is 11.8. The molecular formula is C19H26N4O. The second kappa shape index (κ2) is 8.64. The van der Waals surface area contributed by atoms with E-state index in [4.69, 9.17) is 0 Å². The third-order valence-electron chi connectivity index (χ3n) is 4.51. The molecule has 2 heterocycles. The molecule has 3 rings (SSSR count). The molecule has 5 nitrogen and oxygen atoms in total.